The number of furan rings is 1. The summed E-state index contributed by atoms with van der Waals surface area (Å²) < 4.78 is 10.00. The maximum atomic E-state index is 7.36. The molecule has 2 aromatic heterocycles. The van der Waals surface area contributed by atoms with Crippen LogP contribution in [-0.4, -0.2) is 0 Å². The summed E-state index contributed by atoms with van der Waals surface area (Å²) in [7, 11) is 0. The molecule has 0 radical (unpaired) electrons. The molecule has 2 nitrogen and oxygen atoms in total. The summed E-state index contributed by atoms with van der Waals surface area (Å²) in [5.41, 5.74) is 14.8. The number of hydrogen-bond donors (Lipinski definition) is 0. The molecule has 0 unspecified atom stereocenters. The Balaban J connectivity index is 1.05. The number of anilines is 3. The predicted molar refractivity (Wildman–Crippen MR) is 265 cm³/mol. The van der Waals surface area contributed by atoms with Gasteiger partial charge in [-0.1, -0.05) is 172 Å². The van der Waals surface area contributed by atoms with Crippen molar-refractivity contribution in [2.45, 2.75) is 19.3 Å². The fourth-order valence-corrected chi connectivity index (χ4v) is 11.7. The SMILES string of the molecule is CC1(C)c2ccccc2-c2ccc(N(c3ccc(-c4cccc5c4sc4ccccc45)cc3)c3cccc4c3oc3c(-c5cccc6ccccc56)c5ccccc5cc34)cc21. The highest BCUT2D eigenvalue weighted by atomic mass is 32.1. The van der Waals surface area contributed by atoms with E-state index in [4.69, 9.17) is 4.42 Å². The standard InChI is InChI=1S/C59H39NOS/c1-59(2)51-25-9-7-19-44(51)45-33-32-40(35-52(45)59)60(39-30-28-37(29-31-39)43-21-12-24-49-46-20-8-10-27-54(46)62-58(43)49)53-26-13-23-48-50-34-38-15-4-6-18-42(38)55(57(50)61-56(48)53)47-22-11-16-36-14-3-5-17-41(36)47/h3-35H,1-2H3. The number of rotatable bonds is 5. The Kier molecular flexibility index (Phi) is 7.56. The molecule has 2 heterocycles. The summed E-state index contributed by atoms with van der Waals surface area (Å²) in [5, 5.41) is 9.62. The molecule has 0 aliphatic heterocycles. The topological polar surface area (TPSA) is 16.4 Å². The lowest BCUT2D eigenvalue weighted by molar-refractivity contribution is 0.660. The molecule has 62 heavy (non-hydrogen) atoms. The highest BCUT2D eigenvalue weighted by Gasteiger charge is 2.36. The van der Waals surface area contributed by atoms with Gasteiger partial charge in [-0.2, -0.15) is 0 Å². The van der Waals surface area contributed by atoms with Gasteiger partial charge >= 0.3 is 0 Å². The van der Waals surface area contributed by atoms with E-state index in [0.29, 0.717) is 0 Å². The van der Waals surface area contributed by atoms with Crippen molar-refractivity contribution in [1.29, 1.82) is 0 Å². The Bertz CT molecular complexity index is 3790. The van der Waals surface area contributed by atoms with Gasteiger partial charge in [-0.05, 0) is 103 Å². The number of hydrogen-bond acceptors (Lipinski definition) is 3. The van der Waals surface area contributed by atoms with Gasteiger partial charge < -0.3 is 9.32 Å². The first kappa shape index (κ1) is 35.3. The molecular weight excluding hydrogens is 771 g/mol. The van der Waals surface area contributed by atoms with E-state index in [1.54, 1.807) is 0 Å². The van der Waals surface area contributed by atoms with Gasteiger partial charge in [0.05, 0.1) is 5.69 Å². The highest BCUT2D eigenvalue weighted by Crippen LogP contribution is 2.52. The molecule has 13 rings (SSSR count). The quantitative estimate of drug-likeness (QED) is 0.172. The molecule has 10 aromatic carbocycles. The van der Waals surface area contributed by atoms with Crippen LogP contribution >= 0.6 is 11.3 Å². The molecule has 0 atom stereocenters. The molecule has 0 amide bonds. The molecular formula is C59H39NOS. The summed E-state index contributed by atoms with van der Waals surface area (Å²) in [6.45, 7) is 4.71. The van der Waals surface area contributed by atoms with E-state index in [2.05, 4.69) is 219 Å². The Morgan fingerprint density at radius 2 is 1.05 bits per heavy atom. The fraction of sp³-hybridized carbons (Fsp3) is 0.0508. The van der Waals surface area contributed by atoms with Crippen LogP contribution in [0.1, 0.15) is 25.0 Å². The normalized spacial score (nSPS) is 13.1. The van der Waals surface area contributed by atoms with Crippen LogP contribution in [-0.2, 0) is 5.41 Å². The lowest BCUT2D eigenvalue weighted by atomic mass is 9.82. The van der Waals surface area contributed by atoms with Gasteiger partial charge in [0.1, 0.15) is 5.58 Å². The van der Waals surface area contributed by atoms with Gasteiger partial charge in [0.25, 0.3) is 0 Å². The Labute approximate surface area is 363 Å². The Morgan fingerprint density at radius 1 is 0.419 bits per heavy atom. The summed E-state index contributed by atoms with van der Waals surface area (Å²) >= 11 is 1.87. The summed E-state index contributed by atoms with van der Waals surface area (Å²) in [6, 6.07) is 73.5. The van der Waals surface area contributed by atoms with Gasteiger partial charge in [-0.3, -0.25) is 0 Å². The van der Waals surface area contributed by atoms with E-state index in [1.165, 1.54) is 80.7 Å². The maximum absolute atomic E-state index is 7.36. The molecule has 3 heteroatoms. The summed E-state index contributed by atoms with van der Waals surface area (Å²) in [6.07, 6.45) is 0. The van der Waals surface area contributed by atoms with Crippen molar-refractivity contribution in [3.8, 4) is 33.4 Å². The van der Waals surface area contributed by atoms with E-state index < -0.39 is 0 Å². The third-order valence-electron chi connectivity index (χ3n) is 13.5. The van der Waals surface area contributed by atoms with E-state index in [0.717, 1.165) is 44.6 Å². The first-order valence-electron chi connectivity index (χ1n) is 21.4. The van der Waals surface area contributed by atoms with Crippen LogP contribution in [0, 0.1) is 0 Å². The molecule has 0 saturated carbocycles. The minimum Gasteiger partial charge on any atom is -0.453 e. The largest absolute Gasteiger partial charge is 0.453 e. The average molecular weight is 810 g/mol. The first-order valence-corrected chi connectivity index (χ1v) is 22.2. The summed E-state index contributed by atoms with van der Waals surface area (Å²) in [4.78, 5) is 2.41. The number of fused-ring (bicyclic) bond motifs is 11. The lowest BCUT2D eigenvalue weighted by Crippen LogP contribution is -2.16. The smallest absolute Gasteiger partial charge is 0.159 e. The molecule has 0 N–H and O–H groups in total. The third kappa shape index (κ3) is 5.09. The van der Waals surface area contributed by atoms with E-state index >= 15 is 0 Å². The first-order chi connectivity index (χ1) is 30.5. The zero-order valence-electron chi connectivity index (χ0n) is 34.3. The number of benzene rings is 10. The van der Waals surface area contributed by atoms with Crippen LogP contribution in [0.5, 0.6) is 0 Å². The van der Waals surface area contributed by atoms with Crippen molar-refractivity contribution in [1.82, 2.24) is 0 Å². The maximum Gasteiger partial charge on any atom is 0.159 e. The van der Waals surface area contributed by atoms with Crippen LogP contribution < -0.4 is 4.90 Å². The van der Waals surface area contributed by atoms with Gasteiger partial charge in [-0.15, -0.1) is 11.3 Å². The van der Waals surface area contributed by atoms with Crippen molar-refractivity contribution >= 4 is 92.1 Å². The lowest BCUT2D eigenvalue weighted by Gasteiger charge is -2.28. The average Bonchev–Trinajstić information content (AvgIpc) is 3.96. The molecule has 1 aliphatic rings. The highest BCUT2D eigenvalue weighted by molar-refractivity contribution is 7.26. The Morgan fingerprint density at radius 3 is 1.94 bits per heavy atom. The van der Waals surface area contributed by atoms with Gasteiger partial charge in [0.15, 0.2) is 5.58 Å². The van der Waals surface area contributed by atoms with Gasteiger partial charge in [-0.25, -0.2) is 0 Å². The number of thiophene rings is 1. The van der Waals surface area contributed by atoms with E-state index in [-0.39, 0.29) is 5.41 Å². The number of para-hydroxylation sites is 1. The van der Waals surface area contributed by atoms with Crippen LogP contribution in [0.2, 0.25) is 0 Å². The minimum atomic E-state index is -0.154. The van der Waals surface area contributed by atoms with E-state index in [9.17, 15) is 0 Å². The minimum absolute atomic E-state index is 0.154. The third-order valence-corrected chi connectivity index (χ3v) is 14.7. The second-order valence-corrected chi connectivity index (χ2v) is 18.2. The van der Waals surface area contributed by atoms with Gasteiger partial charge in [0, 0.05) is 53.3 Å². The van der Waals surface area contributed by atoms with Crippen molar-refractivity contribution in [3.63, 3.8) is 0 Å². The van der Waals surface area contributed by atoms with Crippen LogP contribution in [0.3, 0.4) is 0 Å². The van der Waals surface area contributed by atoms with Crippen molar-refractivity contribution in [2.75, 3.05) is 4.90 Å². The Hall–Kier alpha value is -7.46. The van der Waals surface area contributed by atoms with Gasteiger partial charge in [0.2, 0.25) is 0 Å². The van der Waals surface area contributed by atoms with E-state index in [1.807, 2.05) is 11.3 Å². The molecule has 292 valence electrons. The van der Waals surface area contributed by atoms with Crippen LogP contribution in [0.25, 0.3) is 97.0 Å². The second-order valence-electron chi connectivity index (χ2n) is 17.2. The molecule has 0 bridgehead atoms. The predicted octanol–water partition coefficient (Wildman–Crippen LogP) is 17.4. The molecule has 0 fully saturated rings. The monoisotopic (exact) mass is 809 g/mol. The van der Waals surface area contributed by atoms with Crippen molar-refractivity contribution < 1.29 is 4.42 Å². The summed E-state index contributed by atoms with van der Waals surface area (Å²) in [5.74, 6) is 0. The van der Waals surface area contributed by atoms with Crippen molar-refractivity contribution in [3.05, 3.63) is 211 Å². The molecule has 0 saturated heterocycles. The molecule has 0 spiro atoms. The zero-order chi connectivity index (χ0) is 41.1. The van der Waals surface area contributed by atoms with Crippen LogP contribution in [0.15, 0.2) is 205 Å². The van der Waals surface area contributed by atoms with Crippen molar-refractivity contribution in [2.24, 2.45) is 0 Å². The fourth-order valence-electron chi connectivity index (χ4n) is 10.5. The zero-order valence-corrected chi connectivity index (χ0v) is 35.1. The second kappa shape index (κ2) is 13.3. The number of nitrogens with zero attached hydrogens (tertiary/aromatic N) is 1. The molecule has 12 aromatic rings. The molecule has 1 aliphatic carbocycles. The van der Waals surface area contributed by atoms with Crippen LogP contribution in [0.4, 0.5) is 17.1 Å².